The smallest absolute Gasteiger partial charge is 0.0666 e. The second-order valence-electron chi connectivity index (χ2n) is 4.29. The van der Waals surface area contributed by atoms with Gasteiger partial charge >= 0.3 is 0 Å². The Morgan fingerprint density at radius 1 is 1.24 bits per heavy atom. The quantitative estimate of drug-likeness (QED) is 0.808. The summed E-state index contributed by atoms with van der Waals surface area (Å²) in [4.78, 5) is 0. The molecule has 1 unspecified atom stereocenters. The molecule has 1 aromatic rings. The molecule has 1 aliphatic rings. The number of methoxy groups -OCH3 is 1. The van der Waals surface area contributed by atoms with E-state index < -0.39 is 0 Å². The molecule has 5 heteroatoms. The van der Waals surface area contributed by atoms with Crippen LogP contribution < -0.4 is 5.32 Å². The molecule has 0 spiro atoms. The van der Waals surface area contributed by atoms with Crippen LogP contribution in [0.25, 0.3) is 0 Å². The van der Waals surface area contributed by atoms with Crippen molar-refractivity contribution < 1.29 is 4.74 Å². The topological polar surface area (TPSA) is 21.3 Å². The van der Waals surface area contributed by atoms with E-state index in [1.165, 1.54) is 12.8 Å². The first-order valence-corrected chi connectivity index (χ1v) is 6.65. The van der Waals surface area contributed by atoms with Crippen molar-refractivity contribution in [2.75, 3.05) is 19.0 Å². The summed E-state index contributed by atoms with van der Waals surface area (Å²) in [6.45, 7) is 0.668. The van der Waals surface area contributed by atoms with Crippen LogP contribution >= 0.6 is 34.8 Å². The van der Waals surface area contributed by atoms with Crippen LogP contribution in [0.15, 0.2) is 12.1 Å². The number of rotatable bonds is 5. The highest BCUT2D eigenvalue weighted by Gasteiger charge is 2.31. The van der Waals surface area contributed by atoms with Crippen molar-refractivity contribution in [3.8, 4) is 0 Å². The van der Waals surface area contributed by atoms with Crippen LogP contribution in [-0.4, -0.2) is 19.8 Å². The molecular weight excluding hydrogens is 280 g/mol. The normalized spacial score (nSPS) is 16.9. The molecular formula is C12H14Cl3NO. The Balaban J connectivity index is 2.13. The van der Waals surface area contributed by atoms with Crippen LogP contribution in [0.2, 0.25) is 15.1 Å². The standard InChI is InChI=1S/C12H14Cl3NO/c1-17-6-12(7-2-3-7)16-11-5-9(14)8(13)4-10(11)15/h4-5,7,12,16H,2-3,6H2,1H3. The third-order valence-corrected chi connectivity index (χ3v) is 3.92. The third-order valence-electron chi connectivity index (χ3n) is 2.89. The zero-order chi connectivity index (χ0) is 12.4. The van der Waals surface area contributed by atoms with Gasteiger partial charge in [-0.15, -0.1) is 0 Å². The lowest BCUT2D eigenvalue weighted by atomic mass is 10.2. The molecule has 1 aliphatic carbocycles. The Bertz CT molecular complexity index is 407. The SMILES string of the molecule is COCC(Nc1cc(Cl)c(Cl)cc1Cl)C1CC1. The van der Waals surface area contributed by atoms with Gasteiger partial charge in [0.25, 0.3) is 0 Å². The lowest BCUT2D eigenvalue weighted by Crippen LogP contribution is -2.27. The van der Waals surface area contributed by atoms with E-state index in [-0.39, 0.29) is 6.04 Å². The number of hydrogen-bond donors (Lipinski definition) is 1. The minimum absolute atomic E-state index is 0.287. The minimum Gasteiger partial charge on any atom is -0.383 e. The second-order valence-corrected chi connectivity index (χ2v) is 5.51. The highest BCUT2D eigenvalue weighted by atomic mass is 35.5. The Hall–Kier alpha value is -0.150. The lowest BCUT2D eigenvalue weighted by Gasteiger charge is -2.19. The van der Waals surface area contributed by atoms with Crippen molar-refractivity contribution in [2.45, 2.75) is 18.9 Å². The van der Waals surface area contributed by atoms with E-state index in [1.54, 1.807) is 19.2 Å². The first kappa shape index (κ1) is 13.3. The lowest BCUT2D eigenvalue weighted by molar-refractivity contribution is 0.179. The molecule has 0 radical (unpaired) electrons. The molecule has 0 aromatic heterocycles. The average Bonchev–Trinajstić information content (AvgIpc) is 3.08. The molecule has 17 heavy (non-hydrogen) atoms. The van der Waals surface area contributed by atoms with Crippen LogP contribution in [0, 0.1) is 5.92 Å². The van der Waals surface area contributed by atoms with Crippen LogP contribution in [0.4, 0.5) is 5.69 Å². The van der Waals surface area contributed by atoms with Gasteiger partial charge in [0.2, 0.25) is 0 Å². The summed E-state index contributed by atoms with van der Waals surface area (Å²) in [5.41, 5.74) is 0.815. The number of hydrogen-bond acceptors (Lipinski definition) is 2. The summed E-state index contributed by atoms with van der Waals surface area (Å²) in [5, 5.41) is 4.94. The molecule has 94 valence electrons. The monoisotopic (exact) mass is 293 g/mol. The van der Waals surface area contributed by atoms with Crippen LogP contribution in [0.5, 0.6) is 0 Å². The highest BCUT2D eigenvalue weighted by Crippen LogP contribution is 2.37. The Labute approximate surface area is 116 Å². The van der Waals surface area contributed by atoms with Crippen LogP contribution in [0.3, 0.4) is 0 Å². The van der Waals surface area contributed by atoms with Crippen molar-refractivity contribution in [2.24, 2.45) is 5.92 Å². The molecule has 0 aliphatic heterocycles. The van der Waals surface area contributed by atoms with Crippen molar-refractivity contribution in [1.82, 2.24) is 0 Å². The highest BCUT2D eigenvalue weighted by molar-refractivity contribution is 6.44. The Morgan fingerprint density at radius 3 is 2.47 bits per heavy atom. The maximum absolute atomic E-state index is 6.12. The van der Waals surface area contributed by atoms with Gasteiger partial charge in [0.1, 0.15) is 0 Å². The summed E-state index contributed by atoms with van der Waals surface area (Å²) in [6, 6.07) is 3.71. The van der Waals surface area contributed by atoms with Crippen molar-refractivity contribution in [1.29, 1.82) is 0 Å². The van der Waals surface area contributed by atoms with Crippen LogP contribution in [-0.2, 0) is 4.74 Å². The van der Waals surface area contributed by atoms with Crippen molar-refractivity contribution in [3.63, 3.8) is 0 Å². The van der Waals surface area contributed by atoms with Gasteiger partial charge < -0.3 is 10.1 Å². The predicted molar refractivity (Wildman–Crippen MR) is 73.5 cm³/mol. The van der Waals surface area contributed by atoms with Gasteiger partial charge in [-0.3, -0.25) is 0 Å². The van der Waals surface area contributed by atoms with Gasteiger partial charge in [-0.25, -0.2) is 0 Å². The van der Waals surface area contributed by atoms with E-state index in [0.717, 1.165) is 5.69 Å². The van der Waals surface area contributed by atoms with E-state index in [4.69, 9.17) is 39.5 Å². The van der Waals surface area contributed by atoms with E-state index in [2.05, 4.69) is 5.32 Å². The summed E-state index contributed by atoms with van der Waals surface area (Å²) in [7, 11) is 1.70. The molecule has 1 saturated carbocycles. The molecule has 1 N–H and O–H groups in total. The van der Waals surface area contributed by atoms with E-state index in [0.29, 0.717) is 27.6 Å². The number of benzene rings is 1. The van der Waals surface area contributed by atoms with Gasteiger partial charge in [-0.1, -0.05) is 34.8 Å². The van der Waals surface area contributed by atoms with E-state index in [9.17, 15) is 0 Å². The minimum atomic E-state index is 0.287. The maximum atomic E-state index is 6.12. The zero-order valence-electron chi connectivity index (χ0n) is 9.47. The molecule has 0 bridgehead atoms. The molecule has 0 heterocycles. The van der Waals surface area contributed by atoms with E-state index in [1.807, 2.05) is 0 Å². The number of nitrogens with one attached hydrogen (secondary N) is 1. The molecule has 2 nitrogen and oxygen atoms in total. The van der Waals surface area contributed by atoms with Crippen molar-refractivity contribution >= 4 is 40.5 Å². The van der Waals surface area contributed by atoms with Gasteiger partial charge in [0.05, 0.1) is 33.4 Å². The molecule has 1 aromatic carbocycles. The van der Waals surface area contributed by atoms with Gasteiger partial charge in [-0.05, 0) is 30.9 Å². The average molecular weight is 295 g/mol. The Kier molecular flexibility index (Phi) is 4.42. The number of anilines is 1. The first-order chi connectivity index (χ1) is 8.11. The van der Waals surface area contributed by atoms with Crippen LogP contribution in [0.1, 0.15) is 12.8 Å². The molecule has 0 saturated heterocycles. The van der Waals surface area contributed by atoms with Crippen molar-refractivity contribution in [3.05, 3.63) is 27.2 Å². The maximum Gasteiger partial charge on any atom is 0.0666 e. The number of halogens is 3. The molecule has 1 atom stereocenters. The van der Waals surface area contributed by atoms with Gasteiger partial charge in [0.15, 0.2) is 0 Å². The fourth-order valence-corrected chi connectivity index (χ4v) is 2.41. The number of ether oxygens (including phenoxy) is 1. The second kappa shape index (κ2) is 5.66. The summed E-state index contributed by atoms with van der Waals surface area (Å²) in [6.07, 6.45) is 2.47. The third kappa shape index (κ3) is 3.41. The predicted octanol–water partition coefficient (Wildman–Crippen LogP) is 4.48. The summed E-state index contributed by atoms with van der Waals surface area (Å²) < 4.78 is 5.21. The summed E-state index contributed by atoms with van der Waals surface area (Å²) in [5.74, 6) is 0.667. The molecule has 1 fully saturated rings. The zero-order valence-corrected chi connectivity index (χ0v) is 11.7. The van der Waals surface area contributed by atoms with E-state index >= 15 is 0 Å². The fraction of sp³-hybridized carbons (Fsp3) is 0.500. The summed E-state index contributed by atoms with van der Waals surface area (Å²) >= 11 is 18.0. The first-order valence-electron chi connectivity index (χ1n) is 5.52. The molecule has 0 amide bonds. The fourth-order valence-electron chi connectivity index (χ4n) is 1.81. The van der Waals surface area contributed by atoms with Gasteiger partial charge in [0, 0.05) is 7.11 Å². The Morgan fingerprint density at radius 2 is 1.88 bits per heavy atom. The molecule has 2 rings (SSSR count). The largest absolute Gasteiger partial charge is 0.383 e. The van der Waals surface area contributed by atoms with Gasteiger partial charge in [-0.2, -0.15) is 0 Å².